The predicted octanol–water partition coefficient (Wildman–Crippen LogP) is 6.45. The maximum atomic E-state index is 9.79. The molecule has 0 radical (unpaired) electrons. The largest absolute Gasteiger partial charge is 0.503 e. The van der Waals surface area contributed by atoms with E-state index in [0.29, 0.717) is 10.0 Å². The molecule has 2 aromatic carbocycles. The lowest BCUT2D eigenvalue weighted by Gasteiger charge is -2.12. The average molecular weight is 358 g/mol. The monoisotopic (exact) mass is 356 g/mol. The normalized spacial score (nSPS) is 10.6. The van der Waals surface area contributed by atoms with Crippen molar-refractivity contribution in [3.8, 4) is 17.2 Å². The Morgan fingerprint density at radius 3 is 1.79 bits per heavy atom. The minimum atomic E-state index is -0.256. The average Bonchev–Trinajstić information content (AvgIpc) is 2.29. The molecule has 100 valence electrons. The molecule has 2 rings (SSSR count). The fourth-order valence-electron chi connectivity index (χ4n) is 1.36. The van der Waals surface area contributed by atoms with Gasteiger partial charge in [0.25, 0.3) is 0 Å². The Morgan fingerprint density at radius 2 is 1.21 bits per heavy atom. The smallest absolute Gasteiger partial charge is 0.177 e. The number of rotatable bonds is 2. The molecule has 0 aliphatic rings. The van der Waals surface area contributed by atoms with Gasteiger partial charge in [-0.1, -0.05) is 58.0 Å². The van der Waals surface area contributed by atoms with Crippen molar-refractivity contribution in [3.63, 3.8) is 0 Å². The Hall–Kier alpha value is -0.510. The van der Waals surface area contributed by atoms with E-state index in [1.54, 1.807) is 0 Å². The van der Waals surface area contributed by atoms with Crippen molar-refractivity contribution in [3.05, 3.63) is 49.4 Å². The molecule has 19 heavy (non-hydrogen) atoms. The van der Waals surface area contributed by atoms with Crippen molar-refractivity contribution in [2.24, 2.45) is 0 Å². The van der Waals surface area contributed by atoms with Crippen LogP contribution in [-0.2, 0) is 0 Å². The van der Waals surface area contributed by atoms with Gasteiger partial charge in [-0.15, -0.1) is 0 Å². The third kappa shape index (κ3) is 3.33. The van der Waals surface area contributed by atoms with E-state index in [0.717, 1.165) is 0 Å². The first-order valence-electron chi connectivity index (χ1n) is 4.89. The Morgan fingerprint density at radius 1 is 0.737 bits per heavy atom. The van der Waals surface area contributed by atoms with Crippen molar-refractivity contribution < 1.29 is 9.84 Å². The van der Waals surface area contributed by atoms with Gasteiger partial charge in [0, 0.05) is 16.1 Å². The summed E-state index contributed by atoms with van der Waals surface area (Å²) in [5, 5.41) is 10.9. The number of phenols is 1. The van der Waals surface area contributed by atoms with E-state index in [-0.39, 0.29) is 32.3 Å². The van der Waals surface area contributed by atoms with E-state index in [4.69, 9.17) is 62.7 Å². The lowest BCUT2D eigenvalue weighted by Crippen LogP contribution is -1.88. The Balaban J connectivity index is 2.48. The quantitative estimate of drug-likeness (QED) is 0.668. The van der Waals surface area contributed by atoms with Crippen molar-refractivity contribution in [1.82, 2.24) is 0 Å². The summed E-state index contributed by atoms with van der Waals surface area (Å²) in [7, 11) is 0. The third-order valence-corrected chi connectivity index (χ3v) is 3.45. The van der Waals surface area contributed by atoms with Crippen LogP contribution in [0.25, 0.3) is 0 Å². The zero-order chi connectivity index (χ0) is 14.2. The van der Waals surface area contributed by atoms with Crippen molar-refractivity contribution in [2.75, 3.05) is 0 Å². The van der Waals surface area contributed by atoms with Crippen LogP contribution in [0.1, 0.15) is 0 Å². The zero-order valence-corrected chi connectivity index (χ0v) is 12.8. The molecule has 7 heteroatoms. The van der Waals surface area contributed by atoms with Gasteiger partial charge >= 0.3 is 0 Å². The molecular weight excluding hydrogens is 353 g/mol. The number of halogens is 5. The maximum absolute atomic E-state index is 9.79. The second-order valence-electron chi connectivity index (χ2n) is 3.53. The van der Waals surface area contributed by atoms with Crippen LogP contribution < -0.4 is 4.74 Å². The first kappa shape index (κ1) is 14.9. The van der Waals surface area contributed by atoms with E-state index in [9.17, 15) is 5.11 Å². The molecule has 0 saturated carbocycles. The topological polar surface area (TPSA) is 29.5 Å². The van der Waals surface area contributed by atoms with Crippen LogP contribution in [0.5, 0.6) is 17.2 Å². The summed E-state index contributed by atoms with van der Waals surface area (Å²) >= 11 is 29.4. The Kier molecular flexibility index (Phi) is 4.59. The van der Waals surface area contributed by atoms with Gasteiger partial charge in [-0.3, -0.25) is 0 Å². The third-order valence-electron chi connectivity index (χ3n) is 2.17. The van der Waals surface area contributed by atoms with Gasteiger partial charge in [0.05, 0.1) is 15.1 Å². The number of hydrogen-bond acceptors (Lipinski definition) is 2. The van der Waals surface area contributed by atoms with Gasteiger partial charge in [-0.05, 0) is 18.2 Å². The highest BCUT2D eigenvalue weighted by atomic mass is 35.5. The van der Waals surface area contributed by atoms with E-state index >= 15 is 0 Å². The fraction of sp³-hybridized carbons (Fsp3) is 0. The van der Waals surface area contributed by atoms with Crippen molar-refractivity contribution in [2.45, 2.75) is 0 Å². The fourth-order valence-corrected chi connectivity index (χ4v) is 2.73. The Labute approximate surface area is 134 Å². The molecule has 0 atom stereocenters. The molecule has 1 N–H and O–H groups in total. The number of hydrogen-bond donors (Lipinski definition) is 1. The molecule has 0 aliphatic heterocycles. The van der Waals surface area contributed by atoms with Crippen LogP contribution in [0.3, 0.4) is 0 Å². The molecule has 0 unspecified atom stereocenters. The van der Waals surface area contributed by atoms with Crippen LogP contribution in [0.2, 0.25) is 25.1 Å². The van der Waals surface area contributed by atoms with E-state index in [1.807, 2.05) is 0 Å². The summed E-state index contributed by atoms with van der Waals surface area (Å²) in [6.45, 7) is 0. The molecule has 0 aliphatic carbocycles. The number of benzene rings is 2. The number of phenolic OH excluding ortho intramolecular Hbond substituents is 1. The maximum Gasteiger partial charge on any atom is 0.177 e. The minimum Gasteiger partial charge on any atom is -0.503 e. The van der Waals surface area contributed by atoms with Gasteiger partial charge in [0.1, 0.15) is 0 Å². The van der Waals surface area contributed by atoms with Gasteiger partial charge in [0.15, 0.2) is 17.2 Å². The lowest BCUT2D eigenvalue weighted by atomic mass is 10.3. The van der Waals surface area contributed by atoms with Gasteiger partial charge in [-0.25, -0.2) is 0 Å². The molecule has 0 spiro atoms. The molecule has 0 amide bonds. The van der Waals surface area contributed by atoms with Crippen LogP contribution in [0, 0.1) is 0 Å². The number of ether oxygens (including phenoxy) is 1. The van der Waals surface area contributed by atoms with Gasteiger partial charge in [0.2, 0.25) is 0 Å². The first-order chi connectivity index (χ1) is 8.88. The summed E-state index contributed by atoms with van der Waals surface area (Å²) in [4.78, 5) is 0. The molecular formula is C12H5Cl5O2. The molecule has 2 aromatic rings. The van der Waals surface area contributed by atoms with Gasteiger partial charge < -0.3 is 9.84 Å². The summed E-state index contributed by atoms with van der Waals surface area (Å²) in [6, 6.07) is 5.71. The molecule has 0 fully saturated rings. The van der Waals surface area contributed by atoms with Crippen molar-refractivity contribution >= 4 is 58.0 Å². The summed E-state index contributed by atoms with van der Waals surface area (Å²) in [5.74, 6) is -0.0573. The molecule has 2 nitrogen and oxygen atoms in total. The predicted molar refractivity (Wildman–Crippen MR) is 79.7 cm³/mol. The lowest BCUT2D eigenvalue weighted by molar-refractivity contribution is 0.412. The summed E-state index contributed by atoms with van der Waals surface area (Å²) in [6.07, 6.45) is 0. The molecule has 0 heterocycles. The van der Waals surface area contributed by atoms with E-state index in [2.05, 4.69) is 0 Å². The van der Waals surface area contributed by atoms with Crippen molar-refractivity contribution in [1.29, 1.82) is 0 Å². The standard InChI is InChI=1S/C12H5Cl5O2/c13-5-2-8(16)12(9(17)3-5)19-10-4-6(14)1-7(15)11(10)18/h1-4,18H. The Bertz CT molecular complexity index is 619. The first-order valence-corrected chi connectivity index (χ1v) is 6.78. The van der Waals surface area contributed by atoms with E-state index < -0.39 is 0 Å². The van der Waals surface area contributed by atoms with Crippen LogP contribution in [-0.4, -0.2) is 5.11 Å². The second kappa shape index (κ2) is 5.86. The molecule has 0 aromatic heterocycles. The highest BCUT2D eigenvalue weighted by Crippen LogP contribution is 2.44. The van der Waals surface area contributed by atoms with Crippen LogP contribution >= 0.6 is 58.0 Å². The summed E-state index contributed by atoms with van der Waals surface area (Å²) < 4.78 is 5.45. The molecule has 0 bridgehead atoms. The highest BCUT2D eigenvalue weighted by Gasteiger charge is 2.15. The molecule has 0 saturated heterocycles. The summed E-state index contributed by atoms with van der Waals surface area (Å²) in [5.41, 5.74) is 0. The van der Waals surface area contributed by atoms with Gasteiger partial charge in [-0.2, -0.15) is 0 Å². The highest BCUT2D eigenvalue weighted by molar-refractivity contribution is 6.40. The van der Waals surface area contributed by atoms with Crippen LogP contribution in [0.4, 0.5) is 0 Å². The SMILES string of the molecule is Oc1c(Cl)cc(Cl)cc1Oc1c(Cl)cc(Cl)cc1Cl. The minimum absolute atomic E-state index is 0.0450. The number of aromatic hydroxyl groups is 1. The van der Waals surface area contributed by atoms with E-state index in [1.165, 1.54) is 24.3 Å². The zero-order valence-electron chi connectivity index (χ0n) is 9.05. The van der Waals surface area contributed by atoms with Crippen LogP contribution in [0.15, 0.2) is 24.3 Å². The second-order valence-corrected chi connectivity index (χ2v) is 5.63.